The van der Waals surface area contributed by atoms with Gasteiger partial charge in [-0.05, 0) is 40.5 Å². The van der Waals surface area contributed by atoms with Crippen molar-refractivity contribution >= 4 is 33.5 Å². The largest absolute Gasteiger partial charge is 0.481 e. The van der Waals surface area contributed by atoms with Gasteiger partial charge in [-0.25, -0.2) is 0 Å². The molecule has 1 atom stereocenters. The molecule has 6 heteroatoms. The predicted octanol–water partition coefficient (Wildman–Crippen LogP) is 1.87. The van der Waals surface area contributed by atoms with Crippen LogP contribution in [0.1, 0.15) is 23.7 Å². The maximum atomic E-state index is 11.8. The van der Waals surface area contributed by atoms with E-state index in [1.165, 1.54) is 0 Å². The third kappa shape index (κ3) is 3.73. The minimum absolute atomic E-state index is 0.112. The van der Waals surface area contributed by atoms with Crippen molar-refractivity contribution in [3.05, 3.63) is 28.2 Å². The number of hydrogen-bond donors (Lipinski definition) is 3. The first kappa shape index (κ1) is 14.5. The summed E-state index contributed by atoms with van der Waals surface area (Å²) in [5.74, 6) is -1.80. The molecule has 1 aromatic rings. The number of hydrogen-bond acceptors (Lipinski definition) is 3. The Morgan fingerprint density at radius 1 is 1.50 bits per heavy atom. The number of nitrogens with one attached hydrogen (secondary N) is 1. The van der Waals surface area contributed by atoms with E-state index in [0.717, 1.165) is 4.47 Å². The number of carboxylic acid groups (broad SMARTS) is 1. The lowest BCUT2D eigenvalue weighted by molar-refractivity contribution is -0.141. The lowest BCUT2D eigenvalue weighted by Gasteiger charge is -2.11. The highest BCUT2D eigenvalue weighted by Gasteiger charge is 2.16. The molecule has 1 unspecified atom stereocenters. The van der Waals surface area contributed by atoms with Gasteiger partial charge >= 0.3 is 5.97 Å². The summed E-state index contributed by atoms with van der Waals surface area (Å²) in [5.41, 5.74) is 6.55. The van der Waals surface area contributed by atoms with E-state index in [-0.39, 0.29) is 12.5 Å². The van der Waals surface area contributed by atoms with Crippen molar-refractivity contribution < 1.29 is 14.7 Å². The average molecular weight is 315 g/mol. The van der Waals surface area contributed by atoms with E-state index < -0.39 is 11.9 Å². The Labute approximate surface area is 113 Å². The summed E-state index contributed by atoms with van der Waals surface area (Å²) in [4.78, 5) is 22.6. The second-order valence-corrected chi connectivity index (χ2v) is 4.74. The fourth-order valence-electron chi connectivity index (χ4n) is 1.41. The van der Waals surface area contributed by atoms with Crippen molar-refractivity contribution in [2.75, 3.05) is 12.3 Å². The van der Waals surface area contributed by atoms with Gasteiger partial charge in [0, 0.05) is 22.3 Å². The number of halogens is 1. The van der Waals surface area contributed by atoms with E-state index in [2.05, 4.69) is 21.2 Å². The van der Waals surface area contributed by atoms with Crippen LogP contribution in [0.2, 0.25) is 0 Å². The smallest absolute Gasteiger partial charge is 0.308 e. The van der Waals surface area contributed by atoms with Crippen molar-refractivity contribution in [2.45, 2.75) is 13.3 Å². The Bertz CT molecular complexity index is 463. The summed E-state index contributed by atoms with van der Waals surface area (Å²) in [6.45, 7) is 1.88. The van der Waals surface area contributed by atoms with E-state index in [4.69, 9.17) is 10.8 Å². The monoisotopic (exact) mass is 314 g/mol. The van der Waals surface area contributed by atoms with Crippen LogP contribution >= 0.6 is 15.9 Å². The van der Waals surface area contributed by atoms with Crippen molar-refractivity contribution in [1.29, 1.82) is 0 Å². The molecule has 0 heterocycles. The number of anilines is 1. The Morgan fingerprint density at radius 2 is 2.17 bits per heavy atom. The number of carbonyl (C=O) groups is 2. The van der Waals surface area contributed by atoms with Gasteiger partial charge in [0.1, 0.15) is 0 Å². The van der Waals surface area contributed by atoms with Crippen molar-refractivity contribution in [2.24, 2.45) is 5.92 Å². The van der Waals surface area contributed by atoms with Crippen LogP contribution in [0.5, 0.6) is 0 Å². The molecule has 0 bridgehead atoms. The normalized spacial score (nSPS) is 11.9. The molecule has 5 nitrogen and oxygen atoms in total. The summed E-state index contributed by atoms with van der Waals surface area (Å²) in [7, 11) is 0. The van der Waals surface area contributed by atoms with E-state index in [0.29, 0.717) is 17.7 Å². The van der Waals surface area contributed by atoms with Crippen molar-refractivity contribution in [3.8, 4) is 0 Å². The molecule has 1 rings (SSSR count). The Balaban J connectivity index is 2.65. The summed E-state index contributed by atoms with van der Waals surface area (Å²) >= 11 is 3.24. The highest BCUT2D eigenvalue weighted by Crippen LogP contribution is 2.20. The molecule has 0 saturated heterocycles. The van der Waals surface area contributed by atoms with Crippen molar-refractivity contribution in [1.82, 2.24) is 5.32 Å². The topological polar surface area (TPSA) is 92.4 Å². The zero-order valence-corrected chi connectivity index (χ0v) is 11.5. The molecule has 0 spiro atoms. The minimum atomic E-state index is -0.909. The molecule has 18 heavy (non-hydrogen) atoms. The third-order valence-corrected chi connectivity index (χ3v) is 3.33. The molecular weight excluding hydrogens is 300 g/mol. The molecule has 0 aliphatic rings. The quantitative estimate of drug-likeness (QED) is 0.723. The number of benzene rings is 1. The molecule has 0 aliphatic heterocycles. The zero-order chi connectivity index (χ0) is 13.7. The Hall–Kier alpha value is -1.56. The molecule has 1 amide bonds. The number of nitrogens with two attached hydrogens (primary N) is 1. The summed E-state index contributed by atoms with van der Waals surface area (Å²) in [5, 5.41) is 11.4. The summed E-state index contributed by atoms with van der Waals surface area (Å²) in [6, 6.07) is 4.84. The number of aliphatic carboxylic acids is 1. The van der Waals surface area contributed by atoms with Crippen molar-refractivity contribution in [3.63, 3.8) is 0 Å². The SMILES string of the molecule is CCC(CNC(=O)c1ccc(Br)c(N)c1)C(=O)O. The maximum absolute atomic E-state index is 11.8. The van der Waals surface area contributed by atoms with Crippen LogP contribution in [0.15, 0.2) is 22.7 Å². The number of carboxylic acids is 1. The fraction of sp³-hybridized carbons (Fsp3) is 0.333. The van der Waals surface area contributed by atoms with Gasteiger partial charge < -0.3 is 16.2 Å². The number of carbonyl (C=O) groups excluding carboxylic acids is 1. The van der Waals surface area contributed by atoms with Gasteiger partial charge in [-0.2, -0.15) is 0 Å². The van der Waals surface area contributed by atoms with E-state index >= 15 is 0 Å². The number of amides is 1. The predicted molar refractivity (Wildman–Crippen MR) is 72.3 cm³/mol. The second kappa shape index (κ2) is 6.39. The van der Waals surface area contributed by atoms with Gasteiger partial charge in [0.05, 0.1) is 5.92 Å². The van der Waals surface area contributed by atoms with Gasteiger partial charge in [0.2, 0.25) is 0 Å². The van der Waals surface area contributed by atoms with E-state index in [1.54, 1.807) is 25.1 Å². The van der Waals surface area contributed by atoms with Crippen LogP contribution in [0, 0.1) is 5.92 Å². The highest BCUT2D eigenvalue weighted by atomic mass is 79.9. The highest BCUT2D eigenvalue weighted by molar-refractivity contribution is 9.10. The third-order valence-electron chi connectivity index (χ3n) is 2.61. The van der Waals surface area contributed by atoms with Crippen LogP contribution in [-0.2, 0) is 4.79 Å². The van der Waals surface area contributed by atoms with Gasteiger partial charge in [0.25, 0.3) is 5.91 Å². The first-order valence-corrected chi connectivity index (χ1v) is 6.31. The summed E-state index contributed by atoms with van der Waals surface area (Å²) in [6.07, 6.45) is 0.470. The summed E-state index contributed by atoms with van der Waals surface area (Å²) < 4.78 is 0.719. The molecule has 4 N–H and O–H groups in total. The second-order valence-electron chi connectivity index (χ2n) is 3.89. The Kier molecular flexibility index (Phi) is 5.15. The van der Waals surface area contributed by atoms with Gasteiger partial charge in [-0.1, -0.05) is 6.92 Å². The fourth-order valence-corrected chi connectivity index (χ4v) is 1.66. The molecule has 0 saturated carbocycles. The standard InChI is InChI=1S/C12H15BrN2O3/c1-2-7(12(17)18)6-15-11(16)8-3-4-9(13)10(14)5-8/h3-5,7H,2,6,14H2,1H3,(H,15,16)(H,17,18). The maximum Gasteiger partial charge on any atom is 0.308 e. The van der Waals surface area contributed by atoms with Gasteiger partial charge in [-0.3, -0.25) is 9.59 Å². The van der Waals surface area contributed by atoms with Crippen LogP contribution in [0.25, 0.3) is 0 Å². The molecular formula is C12H15BrN2O3. The molecule has 0 radical (unpaired) electrons. The molecule has 0 aromatic heterocycles. The number of nitrogen functional groups attached to an aromatic ring is 1. The number of rotatable bonds is 5. The van der Waals surface area contributed by atoms with E-state index in [1.807, 2.05) is 0 Å². The van der Waals surface area contributed by atoms with Gasteiger partial charge in [-0.15, -0.1) is 0 Å². The average Bonchev–Trinajstić information content (AvgIpc) is 2.32. The zero-order valence-electron chi connectivity index (χ0n) is 9.94. The first-order valence-electron chi connectivity index (χ1n) is 5.51. The van der Waals surface area contributed by atoms with Gasteiger partial charge in [0.15, 0.2) is 0 Å². The molecule has 98 valence electrons. The van der Waals surface area contributed by atoms with Crippen LogP contribution < -0.4 is 11.1 Å². The van der Waals surface area contributed by atoms with E-state index in [9.17, 15) is 9.59 Å². The van der Waals surface area contributed by atoms with Crippen LogP contribution in [0.3, 0.4) is 0 Å². The minimum Gasteiger partial charge on any atom is -0.481 e. The molecule has 0 aliphatic carbocycles. The lowest BCUT2D eigenvalue weighted by atomic mass is 10.1. The van der Waals surface area contributed by atoms with Crippen LogP contribution in [-0.4, -0.2) is 23.5 Å². The van der Waals surface area contributed by atoms with Crippen LogP contribution in [0.4, 0.5) is 5.69 Å². The lowest BCUT2D eigenvalue weighted by Crippen LogP contribution is -2.32. The molecule has 0 fully saturated rings. The molecule has 1 aromatic carbocycles. The first-order chi connectivity index (χ1) is 8.45. The Morgan fingerprint density at radius 3 is 2.67 bits per heavy atom.